The van der Waals surface area contributed by atoms with Gasteiger partial charge in [0.05, 0.1) is 6.61 Å². The third-order valence-electron chi connectivity index (χ3n) is 5.36. The van der Waals surface area contributed by atoms with Crippen molar-refractivity contribution in [2.24, 2.45) is 4.99 Å². The van der Waals surface area contributed by atoms with Gasteiger partial charge in [-0.3, -0.25) is 4.99 Å². The van der Waals surface area contributed by atoms with E-state index >= 15 is 0 Å². The lowest BCUT2D eigenvalue weighted by Crippen LogP contribution is -2.48. The SMILES string of the molecule is CCOc1ccc(C2(CNC(=NC)NCCCNC(=O)OC(C)(C)C)CCOCC2)cc1. The molecule has 1 aliphatic rings. The number of ether oxygens (including phenoxy) is 3. The van der Waals surface area contributed by atoms with E-state index in [1.165, 1.54) is 5.56 Å². The van der Waals surface area contributed by atoms with Crippen LogP contribution in [0.5, 0.6) is 5.75 Å². The molecule has 0 spiro atoms. The lowest BCUT2D eigenvalue weighted by Gasteiger charge is -2.38. The van der Waals surface area contributed by atoms with Crippen molar-refractivity contribution in [2.75, 3.05) is 46.5 Å². The van der Waals surface area contributed by atoms with Gasteiger partial charge in [0.2, 0.25) is 0 Å². The van der Waals surface area contributed by atoms with E-state index in [9.17, 15) is 4.79 Å². The van der Waals surface area contributed by atoms with Gasteiger partial charge in [0.25, 0.3) is 0 Å². The van der Waals surface area contributed by atoms with E-state index in [1.54, 1.807) is 7.05 Å². The van der Waals surface area contributed by atoms with Gasteiger partial charge in [0.15, 0.2) is 5.96 Å². The molecule has 0 bridgehead atoms. The highest BCUT2D eigenvalue weighted by Gasteiger charge is 2.34. The number of alkyl carbamates (subject to hydrolysis) is 1. The summed E-state index contributed by atoms with van der Waals surface area (Å²) in [6.45, 7) is 11.7. The summed E-state index contributed by atoms with van der Waals surface area (Å²) in [6.07, 6.45) is 2.27. The van der Waals surface area contributed by atoms with Crippen LogP contribution in [0, 0.1) is 0 Å². The van der Waals surface area contributed by atoms with Gasteiger partial charge in [0.1, 0.15) is 11.4 Å². The smallest absolute Gasteiger partial charge is 0.407 e. The van der Waals surface area contributed by atoms with Crippen LogP contribution >= 0.6 is 0 Å². The van der Waals surface area contributed by atoms with Crippen LogP contribution in [-0.4, -0.2) is 64.2 Å². The van der Waals surface area contributed by atoms with Crippen LogP contribution in [0.1, 0.15) is 52.5 Å². The minimum absolute atomic E-state index is 0.0150. The zero-order chi connectivity index (χ0) is 23.5. The largest absolute Gasteiger partial charge is 0.494 e. The molecule has 0 radical (unpaired) electrons. The minimum atomic E-state index is -0.488. The van der Waals surface area contributed by atoms with Crippen LogP contribution in [-0.2, 0) is 14.9 Å². The lowest BCUT2D eigenvalue weighted by molar-refractivity contribution is 0.0512. The maximum atomic E-state index is 11.7. The maximum Gasteiger partial charge on any atom is 0.407 e. The zero-order valence-corrected chi connectivity index (χ0v) is 20.3. The molecule has 3 N–H and O–H groups in total. The Kier molecular flexibility index (Phi) is 10.1. The van der Waals surface area contributed by atoms with Crippen molar-refractivity contribution in [3.05, 3.63) is 29.8 Å². The van der Waals surface area contributed by atoms with Gasteiger partial charge in [0, 0.05) is 45.3 Å². The Balaban J connectivity index is 1.84. The fourth-order valence-electron chi connectivity index (χ4n) is 3.67. The first kappa shape index (κ1) is 25.8. The number of benzene rings is 1. The second kappa shape index (κ2) is 12.5. The Morgan fingerprint density at radius 2 is 1.75 bits per heavy atom. The van der Waals surface area contributed by atoms with Crippen molar-refractivity contribution in [2.45, 2.75) is 58.0 Å². The molecule has 0 aromatic heterocycles. The summed E-state index contributed by atoms with van der Waals surface area (Å²) in [6, 6.07) is 8.41. The quantitative estimate of drug-likeness (QED) is 0.305. The number of guanidine groups is 1. The van der Waals surface area contributed by atoms with Crippen LogP contribution in [0.2, 0.25) is 0 Å². The van der Waals surface area contributed by atoms with E-state index in [0.29, 0.717) is 19.7 Å². The van der Waals surface area contributed by atoms with E-state index < -0.39 is 11.7 Å². The zero-order valence-electron chi connectivity index (χ0n) is 20.3. The summed E-state index contributed by atoms with van der Waals surface area (Å²) >= 11 is 0. The third kappa shape index (κ3) is 8.57. The Hall–Kier alpha value is -2.48. The number of carbonyl (C=O) groups is 1. The topological polar surface area (TPSA) is 93.2 Å². The molecular weight excluding hydrogens is 408 g/mol. The molecule has 180 valence electrons. The number of rotatable bonds is 9. The molecule has 1 fully saturated rings. The number of nitrogens with one attached hydrogen (secondary N) is 3. The van der Waals surface area contributed by atoms with Crippen LogP contribution in [0.15, 0.2) is 29.3 Å². The van der Waals surface area contributed by atoms with Crippen LogP contribution in [0.3, 0.4) is 0 Å². The predicted molar refractivity (Wildman–Crippen MR) is 128 cm³/mol. The monoisotopic (exact) mass is 448 g/mol. The summed E-state index contributed by atoms with van der Waals surface area (Å²) in [5.41, 5.74) is 0.783. The summed E-state index contributed by atoms with van der Waals surface area (Å²) in [4.78, 5) is 16.1. The summed E-state index contributed by atoms with van der Waals surface area (Å²) < 4.78 is 16.5. The van der Waals surface area contributed by atoms with Gasteiger partial charge in [-0.2, -0.15) is 0 Å². The van der Waals surface area contributed by atoms with Gasteiger partial charge in [-0.1, -0.05) is 12.1 Å². The summed E-state index contributed by atoms with van der Waals surface area (Å²) in [5.74, 6) is 1.64. The standard InChI is InChI=1S/C24H40N4O4/c1-6-31-20-10-8-19(9-11-20)24(12-16-30-17-13-24)18-28-21(25-5)26-14-7-15-27-22(29)32-23(2,3)4/h8-11H,6-7,12-18H2,1-5H3,(H,27,29)(H2,25,26,28). The first-order valence-corrected chi connectivity index (χ1v) is 11.5. The Morgan fingerprint density at radius 3 is 2.34 bits per heavy atom. The molecule has 1 heterocycles. The molecule has 0 unspecified atom stereocenters. The molecule has 8 nitrogen and oxygen atoms in total. The fraction of sp³-hybridized carbons (Fsp3) is 0.667. The maximum absolute atomic E-state index is 11.7. The highest BCUT2D eigenvalue weighted by Crippen LogP contribution is 2.35. The molecule has 0 aliphatic carbocycles. The molecule has 0 atom stereocenters. The average molecular weight is 449 g/mol. The number of nitrogens with zero attached hydrogens (tertiary/aromatic N) is 1. The Bertz CT molecular complexity index is 723. The van der Waals surface area contributed by atoms with E-state index in [2.05, 4.69) is 33.1 Å². The number of hydrogen-bond acceptors (Lipinski definition) is 5. The molecule has 8 heteroatoms. The normalized spacial score (nSPS) is 16.2. The molecule has 1 aromatic carbocycles. The van der Waals surface area contributed by atoms with E-state index in [0.717, 1.165) is 50.7 Å². The lowest BCUT2D eigenvalue weighted by atomic mass is 9.74. The second-order valence-corrected chi connectivity index (χ2v) is 8.98. The first-order chi connectivity index (χ1) is 15.3. The molecule has 2 rings (SSSR count). The molecular formula is C24H40N4O4. The van der Waals surface area contributed by atoms with E-state index in [-0.39, 0.29) is 5.41 Å². The van der Waals surface area contributed by atoms with Crippen LogP contribution in [0.25, 0.3) is 0 Å². The van der Waals surface area contributed by atoms with Crippen LogP contribution in [0.4, 0.5) is 4.79 Å². The molecule has 0 saturated carbocycles. The Morgan fingerprint density at radius 1 is 1.09 bits per heavy atom. The Labute approximate surface area is 192 Å². The number of carbonyl (C=O) groups excluding carboxylic acids is 1. The first-order valence-electron chi connectivity index (χ1n) is 11.5. The van der Waals surface area contributed by atoms with Crippen LogP contribution < -0.4 is 20.7 Å². The molecule has 1 aliphatic heterocycles. The predicted octanol–water partition coefficient (Wildman–Crippen LogP) is 3.21. The van der Waals surface area contributed by atoms with E-state index in [1.807, 2.05) is 39.8 Å². The van der Waals surface area contributed by atoms with Gasteiger partial charge >= 0.3 is 6.09 Å². The van der Waals surface area contributed by atoms with Gasteiger partial charge in [-0.15, -0.1) is 0 Å². The summed E-state index contributed by atoms with van der Waals surface area (Å²) in [5, 5.41) is 9.58. The fourth-order valence-corrected chi connectivity index (χ4v) is 3.67. The van der Waals surface area contributed by atoms with Crippen molar-refractivity contribution >= 4 is 12.1 Å². The van der Waals surface area contributed by atoms with Crippen molar-refractivity contribution in [1.82, 2.24) is 16.0 Å². The van der Waals surface area contributed by atoms with Crippen molar-refractivity contribution in [1.29, 1.82) is 0 Å². The highest BCUT2D eigenvalue weighted by atomic mass is 16.6. The number of hydrogen-bond donors (Lipinski definition) is 3. The molecule has 1 amide bonds. The molecule has 1 saturated heterocycles. The highest BCUT2D eigenvalue weighted by molar-refractivity contribution is 5.79. The van der Waals surface area contributed by atoms with E-state index in [4.69, 9.17) is 14.2 Å². The molecule has 1 aromatic rings. The summed E-state index contributed by atoms with van der Waals surface area (Å²) in [7, 11) is 1.77. The second-order valence-electron chi connectivity index (χ2n) is 8.98. The van der Waals surface area contributed by atoms with Crippen molar-refractivity contribution < 1.29 is 19.0 Å². The third-order valence-corrected chi connectivity index (χ3v) is 5.36. The van der Waals surface area contributed by atoms with Crippen molar-refractivity contribution in [3.8, 4) is 5.75 Å². The number of aliphatic imine (C=N–C) groups is 1. The number of amides is 1. The molecule has 32 heavy (non-hydrogen) atoms. The van der Waals surface area contributed by atoms with Gasteiger partial charge in [-0.05, 0) is 64.7 Å². The van der Waals surface area contributed by atoms with Gasteiger partial charge < -0.3 is 30.2 Å². The van der Waals surface area contributed by atoms with Gasteiger partial charge in [-0.25, -0.2) is 4.79 Å². The average Bonchev–Trinajstić information content (AvgIpc) is 2.76. The minimum Gasteiger partial charge on any atom is -0.494 e. The van der Waals surface area contributed by atoms with Crippen molar-refractivity contribution in [3.63, 3.8) is 0 Å².